The number of hydrogen-bond donors (Lipinski definition) is 3. The lowest BCUT2D eigenvalue weighted by atomic mass is 9.50. The molecule has 4 rings (SSSR count). The van der Waals surface area contributed by atoms with Crippen LogP contribution < -0.4 is 0 Å². The Morgan fingerprint density at radius 3 is 1.18 bits per heavy atom. The van der Waals surface area contributed by atoms with Gasteiger partial charge in [-0.3, -0.25) is 0 Å². The highest BCUT2D eigenvalue weighted by molar-refractivity contribution is 9.09. The number of ether oxygens (including phenoxy) is 3. The molecule has 0 spiro atoms. The molecule has 4 saturated carbocycles. The van der Waals surface area contributed by atoms with Crippen molar-refractivity contribution in [1.29, 1.82) is 0 Å². The van der Waals surface area contributed by atoms with E-state index in [-0.39, 0.29) is 36.6 Å². The number of rotatable bonds is 12. The number of aliphatic hydroxyl groups excluding tert-OH is 3. The third-order valence-corrected chi connectivity index (χ3v) is 8.44. The average molecular weight is 595 g/mol. The zero-order valence-electron chi connectivity index (χ0n) is 16.0. The maximum atomic E-state index is 9.99. The fraction of sp³-hybridized carbons (Fsp3) is 1.00. The summed E-state index contributed by atoms with van der Waals surface area (Å²) in [4.78, 5) is 0. The van der Waals surface area contributed by atoms with E-state index < -0.39 is 18.3 Å². The van der Waals surface area contributed by atoms with E-state index in [2.05, 4.69) is 47.8 Å². The van der Waals surface area contributed by atoms with Crippen molar-refractivity contribution >= 4 is 47.8 Å². The predicted molar refractivity (Wildman–Crippen MR) is 117 cm³/mol. The van der Waals surface area contributed by atoms with Crippen LogP contribution in [-0.4, -0.2) is 86.2 Å². The Hall–Kier alpha value is 1.20. The lowest BCUT2D eigenvalue weighted by molar-refractivity contribution is -0.298. The summed E-state index contributed by atoms with van der Waals surface area (Å²) in [6.07, 6.45) is 3.46. The maximum Gasteiger partial charge on any atom is 0.0870 e. The number of halogens is 3. The van der Waals surface area contributed by atoms with Crippen molar-refractivity contribution in [3.8, 4) is 0 Å². The molecule has 4 fully saturated rings. The Kier molecular flexibility index (Phi) is 8.33. The highest BCUT2D eigenvalue weighted by Gasteiger charge is 2.65. The van der Waals surface area contributed by atoms with E-state index in [1.54, 1.807) is 0 Å². The molecule has 164 valence electrons. The molecular weight excluding hydrogens is 564 g/mol. The molecule has 6 nitrogen and oxygen atoms in total. The Bertz CT molecular complexity index is 445. The number of alkyl halides is 3. The van der Waals surface area contributed by atoms with Crippen molar-refractivity contribution in [2.24, 2.45) is 5.92 Å². The molecule has 0 amide bonds. The van der Waals surface area contributed by atoms with Crippen LogP contribution in [-0.2, 0) is 14.2 Å². The first-order valence-electron chi connectivity index (χ1n) is 9.91. The van der Waals surface area contributed by atoms with Crippen LogP contribution in [0.5, 0.6) is 0 Å². The molecule has 0 aromatic heterocycles. The summed E-state index contributed by atoms with van der Waals surface area (Å²) in [6.45, 7) is 0.828. The van der Waals surface area contributed by atoms with Gasteiger partial charge in [0.25, 0.3) is 0 Å². The molecule has 4 aliphatic rings. The molecule has 0 heterocycles. The average Bonchev–Trinajstić information content (AvgIpc) is 2.67. The van der Waals surface area contributed by atoms with Gasteiger partial charge in [0.15, 0.2) is 0 Å². The Morgan fingerprint density at radius 1 is 0.643 bits per heavy atom. The SMILES string of the molecule is OC(CBr)COC12CC3CC(OCC(O)CBr)(C1)CC(OCC(O)CBr)(C3)C2. The second kappa shape index (κ2) is 9.77. The zero-order valence-corrected chi connectivity index (χ0v) is 20.8. The van der Waals surface area contributed by atoms with Gasteiger partial charge in [0.05, 0.1) is 54.9 Å². The quantitative estimate of drug-likeness (QED) is 0.301. The van der Waals surface area contributed by atoms with Gasteiger partial charge in [0.2, 0.25) is 0 Å². The van der Waals surface area contributed by atoms with Gasteiger partial charge in [-0.2, -0.15) is 0 Å². The summed E-state index contributed by atoms with van der Waals surface area (Å²) < 4.78 is 19.0. The lowest BCUT2D eigenvalue weighted by Crippen LogP contribution is -2.68. The van der Waals surface area contributed by atoms with Crippen molar-refractivity contribution < 1.29 is 29.5 Å². The fourth-order valence-corrected chi connectivity index (χ4v) is 6.17. The normalized spacial score (nSPS) is 39.9. The Balaban J connectivity index is 1.78. The lowest BCUT2D eigenvalue weighted by Gasteiger charge is -2.65. The minimum Gasteiger partial charge on any atom is -0.390 e. The van der Waals surface area contributed by atoms with Gasteiger partial charge in [-0.15, -0.1) is 0 Å². The topological polar surface area (TPSA) is 88.4 Å². The van der Waals surface area contributed by atoms with Gasteiger partial charge in [-0.1, -0.05) is 47.8 Å². The Labute approximate surface area is 192 Å². The van der Waals surface area contributed by atoms with Crippen molar-refractivity contribution in [2.75, 3.05) is 35.8 Å². The molecule has 0 aromatic carbocycles. The summed E-state index contributed by atoms with van der Waals surface area (Å²) >= 11 is 9.90. The first-order chi connectivity index (χ1) is 13.3. The van der Waals surface area contributed by atoms with Crippen LogP contribution in [0.15, 0.2) is 0 Å². The molecule has 0 aliphatic heterocycles. The summed E-state index contributed by atoms with van der Waals surface area (Å²) in [5.41, 5.74) is -1.16. The Morgan fingerprint density at radius 2 is 0.929 bits per heavy atom. The molecule has 3 N–H and O–H groups in total. The van der Waals surface area contributed by atoms with E-state index in [1.165, 1.54) is 0 Å². The first kappa shape index (κ1) is 23.9. The van der Waals surface area contributed by atoms with Crippen molar-refractivity contribution in [2.45, 2.75) is 73.6 Å². The summed E-state index contributed by atoms with van der Waals surface area (Å²) in [5.74, 6) is 0.416. The number of aliphatic hydroxyl groups is 3. The summed E-state index contributed by atoms with van der Waals surface area (Å²) in [6, 6.07) is 0. The van der Waals surface area contributed by atoms with E-state index in [9.17, 15) is 15.3 Å². The molecule has 4 aliphatic carbocycles. The molecule has 0 radical (unpaired) electrons. The molecular formula is C19H31Br3O6. The van der Waals surface area contributed by atoms with Crippen molar-refractivity contribution in [1.82, 2.24) is 0 Å². The molecule has 28 heavy (non-hydrogen) atoms. The molecule has 0 aromatic rings. The predicted octanol–water partition coefficient (Wildman–Crippen LogP) is 2.52. The molecule has 3 unspecified atom stereocenters. The second-order valence-electron chi connectivity index (χ2n) is 8.92. The summed E-state index contributed by atoms with van der Waals surface area (Å²) in [7, 11) is 0. The molecule has 0 saturated heterocycles. The fourth-order valence-electron chi connectivity index (χ4n) is 5.61. The molecule has 4 bridgehead atoms. The molecule has 9 heteroatoms. The van der Waals surface area contributed by atoms with Gasteiger partial charge < -0.3 is 29.5 Å². The van der Waals surface area contributed by atoms with Crippen molar-refractivity contribution in [3.63, 3.8) is 0 Å². The van der Waals surface area contributed by atoms with E-state index in [0.717, 1.165) is 38.5 Å². The highest BCUT2D eigenvalue weighted by atomic mass is 79.9. The third-order valence-electron chi connectivity index (χ3n) is 6.20. The standard InChI is InChI=1S/C19H31Br3O6/c20-4-14(23)7-26-17-1-13-2-18(10-17,27-8-15(24)5-21)12-19(3-13,11-17)28-9-16(25)6-22/h13-16,23-25H,1-12H2. The van der Waals surface area contributed by atoms with Gasteiger partial charge in [-0.05, 0) is 25.2 Å². The molecule has 3 atom stereocenters. The first-order valence-corrected chi connectivity index (χ1v) is 13.3. The van der Waals surface area contributed by atoms with E-state index in [4.69, 9.17) is 14.2 Å². The van der Waals surface area contributed by atoms with Crippen molar-refractivity contribution in [3.05, 3.63) is 0 Å². The van der Waals surface area contributed by atoms with Gasteiger partial charge in [0.1, 0.15) is 0 Å². The van der Waals surface area contributed by atoms with Crippen LogP contribution in [0, 0.1) is 5.92 Å². The van der Waals surface area contributed by atoms with Gasteiger partial charge in [-0.25, -0.2) is 0 Å². The second-order valence-corrected chi connectivity index (χ2v) is 10.9. The van der Waals surface area contributed by atoms with Crippen LogP contribution >= 0.6 is 47.8 Å². The highest BCUT2D eigenvalue weighted by Crippen LogP contribution is 2.63. The van der Waals surface area contributed by atoms with E-state index in [0.29, 0.717) is 21.9 Å². The van der Waals surface area contributed by atoms with Gasteiger partial charge >= 0.3 is 0 Å². The van der Waals surface area contributed by atoms with Crippen LogP contribution in [0.25, 0.3) is 0 Å². The van der Waals surface area contributed by atoms with Crippen LogP contribution in [0.4, 0.5) is 0 Å². The van der Waals surface area contributed by atoms with Crippen LogP contribution in [0.2, 0.25) is 0 Å². The number of hydrogen-bond acceptors (Lipinski definition) is 6. The monoisotopic (exact) mass is 592 g/mol. The third kappa shape index (κ3) is 5.51. The van der Waals surface area contributed by atoms with E-state index in [1.807, 2.05) is 0 Å². The largest absolute Gasteiger partial charge is 0.390 e. The van der Waals surface area contributed by atoms with Crippen LogP contribution in [0.3, 0.4) is 0 Å². The minimum absolute atomic E-state index is 0.276. The smallest absolute Gasteiger partial charge is 0.0870 e. The maximum absolute atomic E-state index is 9.99. The summed E-state index contributed by atoms with van der Waals surface area (Å²) in [5, 5.41) is 31.4. The minimum atomic E-state index is -0.549. The zero-order chi connectivity index (χ0) is 20.4. The van der Waals surface area contributed by atoms with Gasteiger partial charge in [0, 0.05) is 35.3 Å². The van der Waals surface area contributed by atoms with Crippen LogP contribution in [0.1, 0.15) is 38.5 Å². The van der Waals surface area contributed by atoms with E-state index >= 15 is 0 Å².